The van der Waals surface area contributed by atoms with E-state index in [0.717, 1.165) is 38.5 Å². The maximum Gasteiger partial charge on any atom is 0.472 e. The van der Waals surface area contributed by atoms with E-state index in [1.165, 1.54) is 186 Å². The number of esters is 1. The number of unbranched alkanes of at least 4 members (excludes halogenated alkanes) is 34. The maximum absolute atomic E-state index is 12.9. The summed E-state index contributed by atoms with van der Waals surface area (Å²) in [7, 11) is -5.01. The Kier molecular flexibility index (Phi) is 39.8. The van der Waals surface area contributed by atoms with Crippen LogP contribution in [0.15, 0.2) is 0 Å². The summed E-state index contributed by atoms with van der Waals surface area (Å²) in [6.45, 7) is 4.32. The normalized spacial score (nSPS) is 21.7. The average Bonchev–Trinajstić information content (AvgIpc) is 3.27. The van der Waals surface area contributed by atoms with Crippen LogP contribution in [0.1, 0.15) is 251 Å². The lowest BCUT2D eigenvalue weighted by Gasteiger charge is -2.41. The Labute approximate surface area is 385 Å². The molecule has 12 nitrogen and oxygen atoms in total. The standard InChI is InChI=1S/C50H99O12P/c1-3-5-7-9-11-13-15-17-19-21-23-25-27-29-31-33-35-37-39-44(51)61-43(42-60-63(57,58)62-50-48(55)46(53)45(52)47(54)49(50)56)41-59-40-38-36-34-32-30-28-26-24-22-20-18-16-14-12-10-8-6-4-2/h43,45-50,52-56H,3-42H2,1-2H3,(H,57,58)/t43-,45?,46-,47?,48?,49?,50?/m1/s1. The van der Waals surface area contributed by atoms with Gasteiger partial charge in [-0.15, -0.1) is 0 Å². The first kappa shape index (κ1) is 60.4. The van der Waals surface area contributed by atoms with Crippen molar-refractivity contribution in [3.05, 3.63) is 0 Å². The second-order valence-electron chi connectivity index (χ2n) is 18.7. The second kappa shape index (κ2) is 41.5. The molecule has 1 aliphatic carbocycles. The third-order valence-electron chi connectivity index (χ3n) is 12.7. The lowest BCUT2D eigenvalue weighted by molar-refractivity contribution is -0.220. The van der Waals surface area contributed by atoms with Gasteiger partial charge in [0.25, 0.3) is 0 Å². The predicted molar refractivity (Wildman–Crippen MR) is 254 cm³/mol. The molecule has 6 unspecified atom stereocenters. The summed E-state index contributed by atoms with van der Waals surface area (Å²) in [5.41, 5.74) is 0. The van der Waals surface area contributed by atoms with Gasteiger partial charge >= 0.3 is 13.8 Å². The van der Waals surface area contributed by atoms with Gasteiger partial charge in [-0.05, 0) is 12.8 Å². The molecule has 0 aromatic rings. The molecule has 8 atom stereocenters. The Morgan fingerprint density at radius 2 is 0.746 bits per heavy atom. The number of hydrogen-bond acceptors (Lipinski definition) is 11. The van der Waals surface area contributed by atoms with E-state index in [1.54, 1.807) is 0 Å². The molecule has 1 aliphatic rings. The van der Waals surface area contributed by atoms with Crippen LogP contribution in [0.4, 0.5) is 0 Å². The van der Waals surface area contributed by atoms with Crippen molar-refractivity contribution in [2.75, 3.05) is 19.8 Å². The monoisotopic (exact) mass is 923 g/mol. The Morgan fingerprint density at radius 3 is 1.10 bits per heavy atom. The molecular weight excluding hydrogens is 824 g/mol. The first-order valence-electron chi connectivity index (χ1n) is 26.4. The lowest BCUT2D eigenvalue weighted by Crippen LogP contribution is -2.64. The molecule has 0 amide bonds. The minimum Gasteiger partial charge on any atom is -0.457 e. The van der Waals surface area contributed by atoms with E-state index >= 15 is 0 Å². The van der Waals surface area contributed by atoms with Crippen molar-refractivity contribution >= 4 is 13.8 Å². The highest BCUT2D eigenvalue weighted by Gasteiger charge is 2.51. The van der Waals surface area contributed by atoms with Crippen LogP contribution >= 0.6 is 7.82 Å². The van der Waals surface area contributed by atoms with Gasteiger partial charge in [0.15, 0.2) is 0 Å². The highest BCUT2D eigenvalue weighted by atomic mass is 31.2. The number of carbonyl (C=O) groups is 1. The molecule has 0 aromatic carbocycles. The number of ether oxygens (including phenoxy) is 2. The van der Waals surface area contributed by atoms with Gasteiger partial charge in [-0.25, -0.2) is 4.57 Å². The minimum absolute atomic E-state index is 0.0673. The number of carbonyl (C=O) groups excluding carboxylic acids is 1. The zero-order chi connectivity index (χ0) is 46.2. The van der Waals surface area contributed by atoms with Crippen LogP contribution in [0.3, 0.4) is 0 Å². The van der Waals surface area contributed by atoms with Crippen LogP contribution in [0.5, 0.6) is 0 Å². The van der Waals surface area contributed by atoms with Crippen LogP contribution in [-0.2, 0) is 27.9 Å². The van der Waals surface area contributed by atoms with E-state index in [9.17, 15) is 39.8 Å². The molecular formula is C50H99O12P. The summed E-state index contributed by atoms with van der Waals surface area (Å²) in [5.74, 6) is -0.469. The molecule has 63 heavy (non-hydrogen) atoms. The van der Waals surface area contributed by atoms with Crippen molar-refractivity contribution in [1.29, 1.82) is 0 Å². The highest BCUT2D eigenvalue weighted by molar-refractivity contribution is 7.47. The molecule has 13 heteroatoms. The zero-order valence-electron chi connectivity index (χ0n) is 40.4. The smallest absolute Gasteiger partial charge is 0.457 e. The quantitative estimate of drug-likeness (QED) is 0.0193. The fraction of sp³-hybridized carbons (Fsp3) is 0.980. The van der Waals surface area contributed by atoms with E-state index in [2.05, 4.69) is 13.8 Å². The van der Waals surface area contributed by atoms with E-state index in [-0.39, 0.29) is 13.0 Å². The Balaban J connectivity index is 2.31. The average molecular weight is 923 g/mol. The number of rotatable bonds is 46. The van der Waals surface area contributed by atoms with Gasteiger partial charge < -0.3 is 39.9 Å². The largest absolute Gasteiger partial charge is 0.472 e. The van der Waals surface area contributed by atoms with E-state index in [0.29, 0.717) is 13.0 Å². The van der Waals surface area contributed by atoms with Crippen molar-refractivity contribution in [2.45, 2.75) is 294 Å². The molecule has 0 bridgehead atoms. The van der Waals surface area contributed by atoms with Crippen LogP contribution in [0, 0.1) is 0 Å². The maximum atomic E-state index is 12.9. The van der Waals surface area contributed by atoms with E-state index < -0.39 is 63.1 Å². The molecule has 376 valence electrons. The molecule has 0 spiro atoms. The van der Waals surface area contributed by atoms with Gasteiger partial charge in [0.05, 0.1) is 13.2 Å². The summed E-state index contributed by atoms with van der Waals surface area (Å²) in [5, 5.41) is 50.3. The zero-order valence-corrected chi connectivity index (χ0v) is 41.3. The minimum atomic E-state index is -5.01. The first-order chi connectivity index (χ1) is 30.5. The van der Waals surface area contributed by atoms with E-state index in [1.807, 2.05) is 0 Å². The van der Waals surface area contributed by atoms with Crippen molar-refractivity contribution in [1.82, 2.24) is 0 Å². The Bertz CT molecular complexity index is 1050. The van der Waals surface area contributed by atoms with Gasteiger partial charge in [-0.2, -0.15) is 0 Å². The van der Waals surface area contributed by atoms with Crippen LogP contribution in [0.2, 0.25) is 0 Å². The third kappa shape index (κ3) is 33.5. The molecule has 1 fully saturated rings. The van der Waals surface area contributed by atoms with Crippen molar-refractivity contribution < 1.29 is 58.3 Å². The van der Waals surface area contributed by atoms with Gasteiger partial charge in [0.1, 0.15) is 42.7 Å². The Hall–Kier alpha value is -0.660. The van der Waals surface area contributed by atoms with Crippen LogP contribution in [-0.4, -0.2) is 98.9 Å². The lowest BCUT2D eigenvalue weighted by atomic mass is 9.85. The number of phosphoric acid groups is 1. The number of aliphatic hydroxyl groups excluding tert-OH is 5. The number of aliphatic hydroxyl groups is 5. The third-order valence-corrected chi connectivity index (χ3v) is 13.7. The molecule has 0 radical (unpaired) electrons. The SMILES string of the molecule is CCCCCCCCCCCCCCCCCCCCOC[C@H](COP(=O)(O)OC1C(O)C(O)C(O)[C@@H](O)C1O)OC(=O)CCCCCCCCCCCCCCCCCCCC. The summed E-state index contributed by atoms with van der Waals surface area (Å²) < 4.78 is 34.3. The van der Waals surface area contributed by atoms with Gasteiger partial charge in [-0.1, -0.05) is 232 Å². The molecule has 0 aliphatic heterocycles. The molecule has 0 heterocycles. The van der Waals surface area contributed by atoms with E-state index in [4.69, 9.17) is 18.5 Å². The molecule has 0 aromatic heterocycles. The predicted octanol–water partition coefficient (Wildman–Crippen LogP) is 11.7. The van der Waals surface area contributed by atoms with Crippen molar-refractivity contribution in [2.24, 2.45) is 0 Å². The molecule has 1 saturated carbocycles. The fourth-order valence-corrected chi connectivity index (χ4v) is 9.51. The molecule has 6 N–H and O–H groups in total. The summed E-state index contributed by atoms with van der Waals surface area (Å²) in [4.78, 5) is 23.2. The topological polar surface area (TPSA) is 192 Å². The number of hydrogen-bond donors (Lipinski definition) is 6. The summed E-state index contributed by atoms with van der Waals surface area (Å²) in [6, 6.07) is 0. The summed E-state index contributed by atoms with van der Waals surface area (Å²) in [6.07, 6.45) is 33.1. The van der Waals surface area contributed by atoms with Crippen molar-refractivity contribution in [3.8, 4) is 0 Å². The fourth-order valence-electron chi connectivity index (χ4n) is 8.54. The highest BCUT2D eigenvalue weighted by Crippen LogP contribution is 2.47. The second-order valence-corrected chi connectivity index (χ2v) is 20.2. The molecule has 0 saturated heterocycles. The number of phosphoric ester groups is 1. The van der Waals surface area contributed by atoms with Gasteiger partial charge in [-0.3, -0.25) is 13.8 Å². The van der Waals surface area contributed by atoms with Crippen molar-refractivity contribution in [3.63, 3.8) is 0 Å². The molecule has 1 rings (SSSR count). The van der Waals surface area contributed by atoms with Crippen LogP contribution < -0.4 is 0 Å². The first-order valence-corrected chi connectivity index (χ1v) is 27.9. The Morgan fingerprint density at radius 1 is 0.444 bits per heavy atom. The summed E-state index contributed by atoms with van der Waals surface area (Å²) >= 11 is 0. The van der Waals surface area contributed by atoms with Gasteiger partial charge in [0, 0.05) is 13.0 Å². The van der Waals surface area contributed by atoms with Gasteiger partial charge in [0.2, 0.25) is 0 Å². The van der Waals surface area contributed by atoms with Crippen LogP contribution in [0.25, 0.3) is 0 Å².